The van der Waals surface area contributed by atoms with Crippen molar-refractivity contribution in [2.45, 2.75) is 38.8 Å². The minimum Gasteiger partial charge on any atom is -0.391 e. The van der Waals surface area contributed by atoms with Gasteiger partial charge in [-0.15, -0.1) is 11.3 Å². The summed E-state index contributed by atoms with van der Waals surface area (Å²) in [4.78, 5) is 12.4. The molecule has 0 spiro atoms. The lowest BCUT2D eigenvalue weighted by molar-refractivity contribution is 0.0305. The van der Waals surface area contributed by atoms with Crippen molar-refractivity contribution in [1.29, 1.82) is 0 Å². The van der Waals surface area contributed by atoms with Gasteiger partial charge in [0.05, 0.1) is 17.8 Å². The summed E-state index contributed by atoms with van der Waals surface area (Å²) in [6, 6.07) is 0.0588. The summed E-state index contributed by atoms with van der Waals surface area (Å²) in [6.07, 6.45) is 4.74. The highest BCUT2D eigenvalue weighted by Crippen LogP contribution is 2.43. The molecule has 4 rings (SSSR count). The van der Waals surface area contributed by atoms with E-state index in [2.05, 4.69) is 28.8 Å². The van der Waals surface area contributed by atoms with Gasteiger partial charge in [-0.25, -0.2) is 14.6 Å². The normalized spacial score (nSPS) is 31.5. The maximum Gasteiger partial charge on any atom is 0.185 e. The molecule has 0 aromatic carbocycles. The van der Waals surface area contributed by atoms with Gasteiger partial charge in [-0.2, -0.15) is 5.10 Å². The minimum atomic E-state index is -0.331. The van der Waals surface area contributed by atoms with Crippen LogP contribution in [0.1, 0.15) is 29.5 Å². The van der Waals surface area contributed by atoms with Gasteiger partial charge in [0.2, 0.25) is 0 Å². The largest absolute Gasteiger partial charge is 0.391 e. The average Bonchev–Trinajstić information content (AvgIpc) is 3.19. The zero-order valence-electron chi connectivity index (χ0n) is 12.9. The van der Waals surface area contributed by atoms with E-state index in [1.807, 2.05) is 4.68 Å². The predicted molar refractivity (Wildman–Crippen MR) is 85.1 cm³/mol. The molecule has 2 aromatic heterocycles. The number of fused-ring (bicyclic) bond motifs is 1. The lowest BCUT2D eigenvalue weighted by Gasteiger charge is -2.34. The van der Waals surface area contributed by atoms with Crippen molar-refractivity contribution in [3.05, 3.63) is 23.2 Å². The van der Waals surface area contributed by atoms with Gasteiger partial charge in [0, 0.05) is 18.0 Å². The maximum absolute atomic E-state index is 10.5. The lowest BCUT2D eigenvalue weighted by Crippen LogP contribution is -2.36. The molecule has 2 aromatic rings. The van der Waals surface area contributed by atoms with E-state index in [0.717, 1.165) is 36.8 Å². The second-order valence-corrected chi connectivity index (χ2v) is 7.73. The van der Waals surface area contributed by atoms with Crippen molar-refractivity contribution in [3.8, 4) is 0 Å². The molecule has 0 amide bonds. The molecule has 3 heterocycles. The van der Waals surface area contributed by atoms with E-state index < -0.39 is 0 Å². The number of anilines is 1. The highest BCUT2D eigenvalue weighted by molar-refractivity contribution is 7.15. The van der Waals surface area contributed by atoms with Gasteiger partial charge in [-0.3, -0.25) is 0 Å². The van der Waals surface area contributed by atoms with E-state index in [4.69, 9.17) is 4.98 Å². The molecule has 2 fully saturated rings. The van der Waals surface area contributed by atoms with Crippen LogP contribution in [0.15, 0.2) is 12.7 Å². The Morgan fingerprint density at radius 3 is 2.64 bits per heavy atom. The van der Waals surface area contributed by atoms with Crippen LogP contribution < -0.4 is 4.90 Å². The zero-order valence-corrected chi connectivity index (χ0v) is 13.7. The van der Waals surface area contributed by atoms with E-state index in [0.29, 0.717) is 11.8 Å². The number of aliphatic hydroxyl groups excluding tert-OH is 1. The Hall–Kier alpha value is -1.47. The highest BCUT2D eigenvalue weighted by atomic mass is 32.1. The minimum absolute atomic E-state index is 0.0588. The molecule has 1 saturated carbocycles. The number of aliphatic hydroxyl groups is 1. The van der Waals surface area contributed by atoms with Crippen LogP contribution in [-0.2, 0) is 0 Å². The van der Waals surface area contributed by atoms with Crippen molar-refractivity contribution in [1.82, 2.24) is 19.7 Å². The summed E-state index contributed by atoms with van der Waals surface area (Å²) in [5.41, 5.74) is 1.13. The highest BCUT2D eigenvalue weighted by Gasteiger charge is 2.43. The monoisotopic (exact) mass is 319 g/mol. The summed E-state index contributed by atoms with van der Waals surface area (Å²) < 4.78 is 1.82. The van der Waals surface area contributed by atoms with Gasteiger partial charge in [-0.1, -0.05) is 0 Å². The molecular weight excluding hydrogens is 298 g/mol. The summed E-state index contributed by atoms with van der Waals surface area (Å²) in [5, 5.41) is 15.8. The maximum atomic E-state index is 10.5. The standard InChI is InChI=1S/C15H21N5OS/c1-9-10(2)22-15(18-9)19-5-11-3-13(20-8-16-7-17-20)14(21)4-12(11)6-19/h7-8,11-14,21H,3-6H2,1-2H3/t11-,12+,13-,14-/m1/s1. The molecule has 118 valence electrons. The van der Waals surface area contributed by atoms with Gasteiger partial charge in [0.1, 0.15) is 12.7 Å². The third-order valence-corrected chi connectivity index (χ3v) is 6.31. The zero-order chi connectivity index (χ0) is 15.3. The first-order valence-corrected chi connectivity index (χ1v) is 8.64. The van der Waals surface area contributed by atoms with Crippen LogP contribution in [0.4, 0.5) is 5.13 Å². The lowest BCUT2D eigenvalue weighted by atomic mass is 9.77. The van der Waals surface area contributed by atoms with Crippen LogP contribution in [0.2, 0.25) is 0 Å². The van der Waals surface area contributed by atoms with E-state index in [9.17, 15) is 5.11 Å². The molecular formula is C15H21N5OS. The molecule has 1 saturated heterocycles. The van der Waals surface area contributed by atoms with Gasteiger partial charge in [0.15, 0.2) is 5.13 Å². The Labute approximate surface area is 133 Å². The van der Waals surface area contributed by atoms with Crippen molar-refractivity contribution in [2.24, 2.45) is 11.8 Å². The fourth-order valence-corrected chi connectivity index (χ4v) is 4.76. The molecule has 22 heavy (non-hydrogen) atoms. The Morgan fingerprint density at radius 2 is 2.00 bits per heavy atom. The number of hydrogen-bond acceptors (Lipinski definition) is 6. The SMILES string of the molecule is Cc1nc(N2C[C@H]3C[C@@H](n4cncn4)[C@H](O)C[C@H]3C2)sc1C. The van der Waals surface area contributed by atoms with Crippen molar-refractivity contribution in [3.63, 3.8) is 0 Å². The van der Waals surface area contributed by atoms with Gasteiger partial charge >= 0.3 is 0 Å². The molecule has 0 bridgehead atoms. The molecule has 4 atom stereocenters. The molecule has 0 unspecified atom stereocenters. The Morgan fingerprint density at radius 1 is 1.23 bits per heavy atom. The van der Waals surface area contributed by atoms with Crippen molar-refractivity contribution in [2.75, 3.05) is 18.0 Å². The van der Waals surface area contributed by atoms with Crippen molar-refractivity contribution >= 4 is 16.5 Å². The predicted octanol–water partition coefficient (Wildman–Crippen LogP) is 1.80. The van der Waals surface area contributed by atoms with Crippen LogP contribution in [0, 0.1) is 25.7 Å². The van der Waals surface area contributed by atoms with E-state index in [1.165, 1.54) is 4.88 Å². The Bertz CT molecular complexity index is 635. The van der Waals surface area contributed by atoms with Crippen LogP contribution in [-0.4, -0.2) is 44.0 Å². The van der Waals surface area contributed by atoms with Gasteiger partial charge in [0.25, 0.3) is 0 Å². The van der Waals surface area contributed by atoms with E-state index in [1.54, 1.807) is 24.0 Å². The Kier molecular flexibility index (Phi) is 3.41. The smallest absolute Gasteiger partial charge is 0.185 e. The summed E-state index contributed by atoms with van der Waals surface area (Å²) in [7, 11) is 0. The second-order valence-electron chi connectivity index (χ2n) is 6.54. The molecule has 6 nitrogen and oxygen atoms in total. The summed E-state index contributed by atoms with van der Waals surface area (Å²) in [6.45, 7) is 6.25. The summed E-state index contributed by atoms with van der Waals surface area (Å²) in [5.74, 6) is 1.15. The van der Waals surface area contributed by atoms with Gasteiger partial charge in [-0.05, 0) is 38.5 Å². The van der Waals surface area contributed by atoms with Crippen LogP contribution in [0.25, 0.3) is 0 Å². The van der Waals surface area contributed by atoms with E-state index in [-0.39, 0.29) is 12.1 Å². The first-order chi connectivity index (χ1) is 10.6. The molecule has 1 aliphatic carbocycles. The third kappa shape index (κ3) is 2.32. The average molecular weight is 319 g/mol. The second kappa shape index (κ2) is 5.31. The molecule has 1 aliphatic heterocycles. The number of thiazole rings is 1. The van der Waals surface area contributed by atoms with Crippen LogP contribution >= 0.6 is 11.3 Å². The fourth-order valence-electron chi connectivity index (χ4n) is 3.83. The topological polar surface area (TPSA) is 67.1 Å². The molecule has 2 aliphatic rings. The first-order valence-electron chi connectivity index (χ1n) is 7.83. The number of rotatable bonds is 2. The number of aromatic nitrogens is 4. The summed E-state index contributed by atoms with van der Waals surface area (Å²) >= 11 is 1.78. The van der Waals surface area contributed by atoms with Crippen LogP contribution in [0.3, 0.4) is 0 Å². The molecule has 1 N–H and O–H groups in total. The first kappa shape index (κ1) is 14.1. The number of hydrogen-bond donors (Lipinski definition) is 1. The number of aryl methyl sites for hydroxylation is 2. The molecule has 7 heteroatoms. The molecule has 0 radical (unpaired) electrons. The quantitative estimate of drug-likeness (QED) is 0.914. The fraction of sp³-hybridized carbons (Fsp3) is 0.667. The van der Waals surface area contributed by atoms with E-state index >= 15 is 0 Å². The Balaban J connectivity index is 1.51. The third-order valence-electron chi connectivity index (χ3n) is 5.17. The van der Waals surface area contributed by atoms with Crippen LogP contribution in [0.5, 0.6) is 0 Å². The van der Waals surface area contributed by atoms with Gasteiger partial charge < -0.3 is 10.0 Å². The number of nitrogens with zero attached hydrogens (tertiary/aromatic N) is 5. The van der Waals surface area contributed by atoms with Crippen molar-refractivity contribution < 1.29 is 5.11 Å².